The number of aryl methyl sites for hydroxylation is 1. The third-order valence-electron chi connectivity index (χ3n) is 4.79. The Morgan fingerprint density at radius 1 is 1.00 bits per heavy atom. The van der Waals surface area contributed by atoms with Gasteiger partial charge in [0.25, 0.3) is 0 Å². The summed E-state index contributed by atoms with van der Waals surface area (Å²) in [5, 5.41) is 2.69. The van der Waals surface area contributed by atoms with Crippen LogP contribution < -0.4 is 15.7 Å². The van der Waals surface area contributed by atoms with Gasteiger partial charge < -0.3 is 5.32 Å². The molecule has 0 saturated carbocycles. The van der Waals surface area contributed by atoms with Gasteiger partial charge in [0.1, 0.15) is 6.54 Å². The summed E-state index contributed by atoms with van der Waals surface area (Å²) in [6, 6.07) is 13.4. The van der Waals surface area contributed by atoms with Crippen LogP contribution in [0.3, 0.4) is 0 Å². The van der Waals surface area contributed by atoms with Gasteiger partial charge in [-0.3, -0.25) is 13.9 Å². The SMILES string of the molecule is CCCCNS(=O)(=O)c1cccc(NC(=O)Cn2c(=O)n(CC)c3ccccc32)c1. The molecular weight excluding hydrogens is 404 g/mol. The van der Waals surface area contributed by atoms with Crippen LogP contribution in [0, 0.1) is 0 Å². The Balaban J connectivity index is 1.79. The average Bonchev–Trinajstić information content (AvgIpc) is 2.99. The smallest absolute Gasteiger partial charge is 0.324 e. The Hall–Kier alpha value is -2.91. The maximum atomic E-state index is 12.7. The predicted octanol–water partition coefficient (Wildman–Crippen LogP) is 2.54. The van der Waals surface area contributed by atoms with Crippen LogP contribution in [0.2, 0.25) is 0 Å². The lowest BCUT2D eigenvalue weighted by atomic mass is 10.3. The number of anilines is 1. The molecule has 1 heterocycles. The van der Waals surface area contributed by atoms with Crippen LogP contribution in [-0.4, -0.2) is 30.0 Å². The van der Waals surface area contributed by atoms with Crippen molar-refractivity contribution in [2.24, 2.45) is 0 Å². The molecule has 0 aliphatic carbocycles. The van der Waals surface area contributed by atoms with Crippen LogP contribution in [0.4, 0.5) is 5.69 Å². The van der Waals surface area contributed by atoms with Crippen molar-refractivity contribution in [3.05, 3.63) is 59.0 Å². The Bertz CT molecular complexity index is 1210. The van der Waals surface area contributed by atoms with Gasteiger partial charge in [-0.05, 0) is 43.7 Å². The zero-order valence-corrected chi connectivity index (χ0v) is 17.9. The molecule has 0 unspecified atom stereocenters. The number of hydrogen-bond acceptors (Lipinski definition) is 4. The predicted molar refractivity (Wildman–Crippen MR) is 117 cm³/mol. The summed E-state index contributed by atoms with van der Waals surface area (Å²) in [7, 11) is -3.65. The van der Waals surface area contributed by atoms with E-state index in [2.05, 4.69) is 10.0 Å². The maximum Gasteiger partial charge on any atom is 0.329 e. The van der Waals surface area contributed by atoms with Gasteiger partial charge in [-0.15, -0.1) is 0 Å². The Labute approximate surface area is 175 Å². The van der Waals surface area contributed by atoms with Crippen LogP contribution >= 0.6 is 0 Å². The van der Waals surface area contributed by atoms with Crippen molar-refractivity contribution in [1.82, 2.24) is 13.9 Å². The van der Waals surface area contributed by atoms with Crippen molar-refractivity contribution < 1.29 is 13.2 Å². The first-order valence-electron chi connectivity index (χ1n) is 9.95. The molecule has 8 nitrogen and oxygen atoms in total. The fraction of sp³-hybridized carbons (Fsp3) is 0.333. The molecule has 0 aliphatic heterocycles. The van der Waals surface area contributed by atoms with Crippen molar-refractivity contribution in [3.8, 4) is 0 Å². The van der Waals surface area contributed by atoms with E-state index in [1.807, 2.05) is 32.0 Å². The first kappa shape index (κ1) is 21.8. The van der Waals surface area contributed by atoms with E-state index in [1.165, 1.54) is 16.7 Å². The molecule has 9 heteroatoms. The second-order valence-corrected chi connectivity index (χ2v) is 8.70. The number of amides is 1. The summed E-state index contributed by atoms with van der Waals surface area (Å²) in [5.41, 5.74) is 1.54. The molecule has 0 radical (unpaired) electrons. The van der Waals surface area contributed by atoms with Crippen LogP contribution in [-0.2, 0) is 27.9 Å². The molecule has 0 spiro atoms. The lowest BCUT2D eigenvalue weighted by molar-refractivity contribution is -0.116. The summed E-state index contributed by atoms with van der Waals surface area (Å²) in [5.74, 6) is -0.412. The molecule has 1 amide bonds. The highest BCUT2D eigenvalue weighted by atomic mass is 32.2. The van der Waals surface area contributed by atoms with Crippen LogP contribution in [0.25, 0.3) is 11.0 Å². The standard InChI is InChI=1S/C21H26N4O4S/c1-3-5-13-22-30(28,29)17-10-8-9-16(14-17)23-20(26)15-25-19-12-7-6-11-18(19)24(4-2)21(25)27/h6-12,14,22H,3-5,13,15H2,1-2H3,(H,23,26). The Morgan fingerprint density at radius 2 is 1.70 bits per heavy atom. The van der Waals surface area contributed by atoms with Crippen molar-refractivity contribution >= 4 is 32.7 Å². The molecule has 0 bridgehead atoms. The van der Waals surface area contributed by atoms with Crippen molar-refractivity contribution in [1.29, 1.82) is 0 Å². The number of hydrogen-bond donors (Lipinski definition) is 2. The molecular formula is C21H26N4O4S. The Kier molecular flexibility index (Phi) is 6.73. The van der Waals surface area contributed by atoms with Crippen molar-refractivity contribution in [2.45, 2.75) is 44.7 Å². The highest BCUT2D eigenvalue weighted by Crippen LogP contribution is 2.16. The van der Waals surface area contributed by atoms with Crippen molar-refractivity contribution in [2.75, 3.05) is 11.9 Å². The molecule has 3 rings (SSSR count). The summed E-state index contributed by atoms with van der Waals surface area (Å²) in [6.45, 7) is 4.54. The minimum absolute atomic E-state index is 0.0798. The normalized spacial score (nSPS) is 11.7. The summed E-state index contributed by atoms with van der Waals surface area (Å²) in [4.78, 5) is 25.4. The van der Waals surface area contributed by atoms with E-state index in [9.17, 15) is 18.0 Å². The van der Waals surface area contributed by atoms with Gasteiger partial charge in [0.15, 0.2) is 0 Å². The molecule has 0 fully saturated rings. The molecule has 0 atom stereocenters. The van der Waals surface area contributed by atoms with Gasteiger partial charge in [-0.2, -0.15) is 0 Å². The molecule has 0 aliphatic rings. The van der Waals surface area contributed by atoms with Gasteiger partial charge in [0.05, 0.1) is 15.9 Å². The topological polar surface area (TPSA) is 102 Å². The van der Waals surface area contributed by atoms with E-state index in [4.69, 9.17) is 0 Å². The van der Waals surface area contributed by atoms with E-state index in [1.54, 1.807) is 22.8 Å². The number of carbonyl (C=O) groups is 1. The zero-order valence-electron chi connectivity index (χ0n) is 17.1. The van der Waals surface area contributed by atoms with Crippen LogP contribution in [0.15, 0.2) is 58.2 Å². The summed E-state index contributed by atoms with van der Waals surface area (Å²) < 4.78 is 30.4. The van der Waals surface area contributed by atoms with Crippen molar-refractivity contribution in [3.63, 3.8) is 0 Å². The lowest BCUT2D eigenvalue weighted by Gasteiger charge is -2.10. The van der Waals surface area contributed by atoms with E-state index in [0.29, 0.717) is 24.3 Å². The first-order valence-corrected chi connectivity index (χ1v) is 11.4. The second kappa shape index (κ2) is 9.27. The number of imidazole rings is 1. The number of carbonyl (C=O) groups excluding carboxylic acids is 1. The molecule has 30 heavy (non-hydrogen) atoms. The average molecular weight is 431 g/mol. The summed E-state index contributed by atoms with van der Waals surface area (Å²) >= 11 is 0. The number of fused-ring (bicyclic) bond motifs is 1. The molecule has 1 aromatic heterocycles. The zero-order chi connectivity index (χ0) is 21.7. The third kappa shape index (κ3) is 4.63. The first-order chi connectivity index (χ1) is 14.4. The highest BCUT2D eigenvalue weighted by Gasteiger charge is 2.16. The van der Waals surface area contributed by atoms with E-state index < -0.39 is 15.9 Å². The number of nitrogens with one attached hydrogen (secondary N) is 2. The number of benzene rings is 2. The van der Waals surface area contributed by atoms with Gasteiger partial charge >= 0.3 is 5.69 Å². The number of nitrogens with zero attached hydrogens (tertiary/aromatic N) is 2. The largest absolute Gasteiger partial charge is 0.329 e. The monoisotopic (exact) mass is 430 g/mol. The molecule has 2 N–H and O–H groups in total. The molecule has 2 aromatic carbocycles. The molecule has 3 aromatic rings. The number of sulfonamides is 1. The number of unbranched alkanes of at least 4 members (excludes halogenated alkanes) is 1. The minimum Gasteiger partial charge on any atom is -0.324 e. The number of aromatic nitrogens is 2. The van der Waals surface area contributed by atoms with E-state index in [-0.39, 0.29) is 17.1 Å². The van der Waals surface area contributed by atoms with Gasteiger partial charge in [-0.1, -0.05) is 31.5 Å². The highest BCUT2D eigenvalue weighted by molar-refractivity contribution is 7.89. The maximum absolute atomic E-state index is 12.7. The number of rotatable bonds is 9. The van der Waals surface area contributed by atoms with Gasteiger partial charge in [0, 0.05) is 18.8 Å². The fourth-order valence-electron chi connectivity index (χ4n) is 3.28. The van der Waals surface area contributed by atoms with Crippen LogP contribution in [0.1, 0.15) is 26.7 Å². The molecule has 0 saturated heterocycles. The van der Waals surface area contributed by atoms with E-state index in [0.717, 1.165) is 18.4 Å². The second-order valence-electron chi connectivity index (χ2n) is 6.93. The van der Waals surface area contributed by atoms with Gasteiger partial charge in [-0.25, -0.2) is 17.9 Å². The molecule has 160 valence electrons. The quantitative estimate of drug-likeness (QED) is 0.509. The Morgan fingerprint density at radius 3 is 2.37 bits per heavy atom. The van der Waals surface area contributed by atoms with Gasteiger partial charge in [0.2, 0.25) is 15.9 Å². The lowest BCUT2D eigenvalue weighted by Crippen LogP contribution is -2.29. The van der Waals surface area contributed by atoms with E-state index >= 15 is 0 Å². The fourth-order valence-corrected chi connectivity index (χ4v) is 4.40. The minimum atomic E-state index is -3.65. The summed E-state index contributed by atoms with van der Waals surface area (Å²) in [6.07, 6.45) is 1.63. The van der Waals surface area contributed by atoms with Crippen LogP contribution in [0.5, 0.6) is 0 Å². The third-order valence-corrected chi connectivity index (χ3v) is 6.25. The number of para-hydroxylation sites is 2.